The van der Waals surface area contributed by atoms with E-state index in [0.29, 0.717) is 24.9 Å². The largest absolute Gasteiger partial charge is 0.332 e. The van der Waals surface area contributed by atoms with Crippen molar-refractivity contribution in [2.24, 2.45) is 0 Å². The molecule has 1 heterocycles. The van der Waals surface area contributed by atoms with Crippen LogP contribution in [0, 0.1) is 0 Å². The number of hydrogen-bond acceptors (Lipinski definition) is 4. The zero-order chi connectivity index (χ0) is 12.8. The molecule has 1 aromatic heterocycles. The number of rotatable bonds is 6. The minimum atomic E-state index is 0.517. The third-order valence-electron chi connectivity index (χ3n) is 2.42. The summed E-state index contributed by atoms with van der Waals surface area (Å²) in [7, 11) is 0. The SMILES string of the molecule is C=CCN(CC=C)c1noc(-c2ccccc2)n1. The first-order chi connectivity index (χ1) is 8.85. The molecule has 0 bridgehead atoms. The molecule has 0 saturated heterocycles. The first kappa shape index (κ1) is 12.1. The standard InChI is InChI=1S/C14H15N3O/c1-3-10-17(11-4-2)14-15-13(18-16-14)12-8-6-5-7-9-12/h3-9H,1-2,10-11H2. The second-order valence-corrected chi connectivity index (χ2v) is 3.75. The molecule has 0 aliphatic carbocycles. The summed E-state index contributed by atoms with van der Waals surface area (Å²) in [6, 6.07) is 9.68. The third-order valence-corrected chi connectivity index (χ3v) is 2.42. The van der Waals surface area contributed by atoms with Crippen LogP contribution in [0.15, 0.2) is 60.2 Å². The number of benzene rings is 1. The number of hydrogen-bond donors (Lipinski definition) is 0. The van der Waals surface area contributed by atoms with Gasteiger partial charge in [-0.25, -0.2) is 0 Å². The molecule has 4 nitrogen and oxygen atoms in total. The van der Waals surface area contributed by atoms with Crippen molar-refractivity contribution in [1.29, 1.82) is 0 Å². The van der Waals surface area contributed by atoms with Gasteiger partial charge in [-0.1, -0.05) is 30.4 Å². The van der Waals surface area contributed by atoms with Gasteiger partial charge in [0.1, 0.15) is 0 Å². The zero-order valence-corrected chi connectivity index (χ0v) is 10.1. The molecule has 1 aromatic carbocycles. The van der Waals surface area contributed by atoms with E-state index in [9.17, 15) is 0 Å². The summed E-state index contributed by atoms with van der Waals surface area (Å²) in [6.45, 7) is 8.73. The van der Waals surface area contributed by atoms with Crippen LogP contribution in [0.4, 0.5) is 5.95 Å². The molecule has 0 spiro atoms. The maximum Gasteiger partial charge on any atom is 0.266 e. The topological polar surface area (TPSA) is 42.2 Å². The molecule has 0 radical (unpaired) electrons. The van der Waals surface area contributed by atoms with E-state index in [1.165, 1.54) is 0 Å². The van der Waals surface area contributed by atoms with Crippen molar-refractivity contribution in [2.45, 2.75) is 0 Å². The van der Waals surface area contributed by atoms with Gasteiger partial charge in [-0.15, -0.1) is 13.2 Å². The van der Waals surface area contributed by atoms with Gasteiger partial charge in [0.2, 0.25) is 0 Å². The summed E-state index contributed by atoms with van der Waals surface area (Å²) in [4.78, 5) is 6.30. The maximum absolute atomic E-state index is 5.25. The molecule has 2 rings (SSSR count). The Balaban J connectivity index is 2.23. The summed E-state index contributed by atoms with van der Waals surface area (Å²) in [5.74, 6) is 1.07. The van der Waals surface area contributed by atoms with Gasteiger partial charge in [0.25, 0.3) is 11.8 Å². The van der Waals surface area contributed by atoms with Crippen LogP contribution in [-0.2, 0) is 0 Å². The van der Waals surface area contributed by atoms with E-state index in [-0.39, 0.29) is 0 Å². The average molecular weight is 241 g/mol. The Hall–Kier alpha value is -2.36. The van der Waals surface area contributed by atoms with Gasteiger partial charge in [0, 0.05) is 18.7 Å². The van der Waals surface area contributed by atoms with E-state index < -0.39 is 0 Å². The van der Waals surface area contributed by atoms with Crippen molar-refractivity contribution in [3.63, 3.8) is 0 Å². The van der Waals surface area contributed by atoms with Crippen molar-refractivity contribution in [1.82, 2.24) is 10.1 Å². The molecule has 0 atom stereocenters. The average Bonchev–Trinajstić information content (AvgIpc) is 2.89. The van der Waals surface area contributed by atoms with Crippen LogP contribution in [0.25, 0.3) is 11.5 Å². The summed E-state index contributed by atoms with van der Waals surface area (Å²) in [5.41, 5.74) is 0.911. The Morgan fingerprint density at radius 1 is 1.11 bits per heavy atom. The molecule has 18 heavy (non-hydrogen) atoms. The van der Waals surface area contributed by atoms with Gasteiger partial charge in [-0.3, -0.25) is 0 Å². The Labute approximate surface area is 106 Å². The molecule has 0 amide bonds. The normalized spacial score (nSPS) is 10.0. The van der Waals surface area contributed by atoms with Crippen molar-refractivity contribution < 1.29 is 4.52 Å². The molecule has 0 unspecified atom stereocenters. The minimum Gasteiger partial charge on any atom is -0.332 e. The number of aromatic nitrogens is 2. The van der Waals surface area contributed by atoms with E-state index in [1.54, 1.807) is 12.2 Å². The molecule has 0 aliphatic rings. The predicted molar refractivity (Wildman–Crippen MR) is 72.3 cm³/mol. The molecular formula is C14H15N3O. The molecule has 0 N–H and O–H groups in total. The highest BCUT2D eigenvalue weighted by atomic mass is 16.5. The van der Waals surface area contributed by atoms with Gasteiger partial charge in [0.15, 0.2) is 0 Å². The molecule has 0 aliphatic heterocycles. The third kappa shape index (κ3) is 2.66. The number of anilines is 1. The van der Waals surface area contributed by atoms with Crippen LogP contribution in [0.5, 0.6) is 0 Å². The fourth-order valence-corrected chi connectivity index (χ4v) is 1.59. The van der Waals surface area contributed by atoms with Crippen LogP contribution < -0.4 is 4.90 Å². The second kappa shape index (κ2) is 5.82. The van der Waals surface area contributed by atoms with Gasteiger partial charge in [-0.05, 0) is 17.3 Å². The first-order valence-corrected chi connectivity index (χ1v) is 5.71. The Morgan fingerprint density at radius 2 is 1.78 bits per heavy atom. The Kier molecular flexibility index (Phi) is 3.91. The molecule has 0 fully saturated rings. The van der Waals surface area contributed by atoms with Gasteiger partial charge in [-0.2, -0.15) is 4.98 Å². The van der Waals surface area contributed by atoms with Gasteiger partial charge < -0.3 is 9.42 Å². The lowest BCUT2D eigenvalue weighted by Crippen LogP contribution is -2.24. The lowest BCUT2D eigenvalue weighted by atomic mass is 10.2. The van der Waals surface area contributed by atoms with Gasteiger partial charge >= 0.3 is 0 Å². The van der Waals surface area contributed by atoms with E-state index in [4.69, 9.17) is 4.52 Å². The molecule has 92 valence electrons. The highest BCUT2D eigenvalue weighted by molar-refractivity contribution is 5.54. The quantitative estimate of drug-likeness (QED) is 0.729. The maximum atomic E-state index is 5.25. The highest BCUT2D eigenvalue weighted by Gasteiger charge is 2.12. The van der Waals surface area contributed by atoms with Crippen molar-refractivity contribution >= 4 is 5.95 Å². The Morgan fingerprint density at radius 3 is 2.39 bits per heavy atom. The van der Waals surface area contributed by atoms with E-state index in [1.807, 2.05) is 35.2 Å². The van der Waals surface area contributed by atoms with Crippen molar-refractivity contribution in [3.8, 4) is 11.5 Å². The van der Waals surface area contributed by atoms with Crippen LogP contribution >= 0.6 is 0 Å². The molecule has 2 aromatic rings. The first-order valence-electron chi connectivity index (χ1n) is 5.71. The number of nitrogens with zero attached hydrogens (tertiary/aromatic N) is 3. The van der Waals surface area contributed by atoms with Gasteiger partial charge in [0.05, 0.1) is 0 Å². The predicted octanol–water partition coefficient (Wildman–Crippen LogP) is 2.92. The van der Waals surface area contributed by atoms with Crippen molar-refractivity contribution in [2.75, 3.05) is 18.0 Å². The summed E-state index contributed by atoms with van der Waals surface area (Å²) in [5, 5.41) is 3.97. The van der Waals surface area contributed by atoms with E-state index in [0.717, 1.165) is 5.56 Å². The van der Waals surface area contributed by atoms with Crippen molar-refractivity contribution in [3.05, 3.63) is 55.6 Å². The Bertz CT molecular complexity index is 509. The molecule has 4 heteroatoms. The monoisotopic (exact) mass is 241 g/mol. The molecular weight excluding hydrogens is 226 g/mol. The lowest BCUT2D eigenvalue weighted by Gasteiger charge is -2.15. The fourth-order valence-electron chi connectivity index (χ4n) is 1.59. The highest BCUT2D eigenvalue weighted by Crippen LogP contribution is 2.19. The fraction of sp³-hybridized carbons (Fsp3) is 0.143. The zero-order valence-electron chi connectivity index (χ0n) is 10.1. The smallest absolute Gasteiger partial charge is 0.266 e. The summed E-state index contributed by atoms with van der Waals surface area (Å²) < 4.78 is 5.25. The lowest BCUT2D eigenvalue weighted by molar-refractivity contribution is 0.430. The summed E-state index contributed by atoms with van der Waals surface area (Å²) >= 11 is 0. The van der Waals surface area contributed by atoms with Crippen LogP contribution in [-0.4, -0.2) is 23.2 Å². The van der Waals surface area contributed by atoms with Crippen LogP contribution in [0.2, 0.25) is 0 Å². The van der Waals surface area contributed by atoms with E-state index >= 15 is 0 Å². The van der Waals surface area contributed by atoms with Crippen LogP contribution in [0.3, 0.4) is 0 Å². The van der Waals surface area contributed by atoms with Crippen LogP contribution in [0.1, 0.15) is 0 Å². The second-order valence-electron chi connectivity index (χ2n) is 3.75. The van der Waals surface area contributed by atoms with E-state index in [2.05, 4.69) is 23.3 Å². The summed E-state index contributed by atoms with van der Waals surface area (Å²) in [6.07, 6.45) is 3.59. The molecule has 0 saturated carbocycles. The minimum absolute atomic E-state index is 0.517.